The van der Waals surface area contributed by atoms with Crippen LogP contribution in [0.3, 0.4) is 0 Å². The van der Waals surface area contributed by atoms with E-state index in [4.69, 9.17) is 14.2 Å². The fourth-order valence-corrected chi connectivity index (χ4v) is 2.88. The summed E-state index contributed by atoms with van der Waals surface area (Å²) >= 11 is 0. The van der Waals surface area contributed by atoms with E-state index in [1.165, 1.54) is 0 Å². The first kappa shape index (κ1) is 17.1. The summed E-state index contributed by atoms with van der Waals surface area (Å²) in [5.41, 5.74) is 2.15. The Kier molecular flexibility index (Phi) is 5.43. The van der Waals surface area contributed by atoms with Crippen LogP contribution in [-0.2, 0) is 11.2 Å². The van der Waals surface area contributed by atoms with Crippen molar-refractivity contribution >= 4 is 5.91 Å². The molecule has 2 aromatic rings. The molecule has 2 aromatic carbocycles. The number of aryl methyl sites for hydroxylation is 1. The lowest BCUT2D eigenvalue weighted by Crippen LogP contribution is -2.28. The Morgan fingerprint density at radius 3 is 2.64 bits per heavy atom. The summed E-state index contributed by atoms with van der Waals surface area (Å²) in [6, 6.07) is 13.6. The lowest BCUT2D eigenvalue weighted by molar-refractivity contribution is -0.121. The fourth-order valence-electron chi connectivity index (χ4n) is 2.88. The third-order valence-corrected chi connectivity index (χ3v) is 4.34. The van der Waals surface area contributed by atoms with Gasteiger partial charge in [-0.25, -0.2) is 0 Å². The van der Waals surface area contributed by atoms with Crippen molar-refractivity contribution in [2.24, 2.45) is 0 Å². The third kappa shape index (κ3) is 4.24. The molecule has 0 unspecified atom stereocenters. The normalized spacial score (nSPS) is 13.4. The number of benzene rings is 2. The Balaban J connectivity index is 1.55. The highest BCUT2D eigenvalue weighted by Crippen LogP contribution is 2.32. The second-order valence-electron chi connectivity index (χ2n) is 5.99. The Hall–Kier alpha value is -2.69. The molecule has 0 aromatic heterocycles. The number of amides is 1. The van der Waals surface area contributed by atoms with Gasteiger partial charge in [-0.15, -0.1) is 0 Å². The second kappa shape index (κ2) is 7.92. The number of hydrogen-bond donors (Lipinski definition) is 1. The first-order valence-electron chi connectivity index (χ1n) is 8.51. The number of carbonyl (C=O) groups is 1. The van der Waals surface area contributed by atoms with Crippen molar-refractivity contribution in [2.75, 3.05) is 13.9 Å². The Labute approximate surface area is 147 Å². The quantitative estimate of drug-likeness (QED) is 0.836. The summed E-state index contributed by atoms with van der Waals surface area (Å²) in [5.74, 6) is 2.37. The minimum atomic E-state index is 0.00941. The average Bonchev–Trinajstić information content (AvgIpc) is 3.12. The Bertz CT molecular complexity index is 727. The lowest BCUT2D eigenvalue weighted by Gasteiger charge is -2.18. The minimum absolute atomic E-state index is 0.00941. The van der Waals surface area contributed by atoms with E-state index in [0.717, 1.165) is 34.8 Å². The summed E-state index contributed by atoms with van der Waals surface area (Å²) in [7, 11) is 1.64. The van der Waals surface area contributed by atoms with Crippen molar-refractivity contribution in [3.05, 3.63) is 53.6 Å². The SMILES string of the molecule is CC[C@H](NC(=O)CCc1ccc2c(c1)OCO2)c1ccc(OC)cc1. The van der Waals surface area contributed by atoms with E-state index in [0.29, 0.717) is 12.8 Å². The summed E-state index contributed by atoms with van der Waals surface area (Å²) in [6.45, 7) is 2.33. The maximum Gasteiger partial charge on any atom is 0.231 e. The zero-order valence-electron chi connectivity index (χ0n) is 14.6. The number of carbonyl (C=O) groups excluding carboxylic acids is 1. The predicted molar refractivity (Wildman–Crippen MR) is 95.1 cm³/mol. The molecule has 0 radical (unpaired) electrons. The predicted octanol–water partition coefficient (Wildman–Crippen LogP) is 3.62. The molecule has 3 rings (SSSR count). The van der Waals surface area contributed by atoms with E-state index in [2.05, 4.69) is 12.2 Å². The number of methoxy groups -OCH3 is 1. The first-order valence-corrected chi connectivity index (χ1v) is 8.51. The van der Waals surface area contributed by atoms with Gasteiger partial charge in [-0.05, 0) is 48.2 Å². The molecule has 0 saturated carbocycles. The van der Waals surface area contributed by atoms with Gasteiger partial charge in [0.05, 0.1) is 13.2 Å². The van der Waals surface area contributed by atoms with Gasteiger partial charge in [-0.3, -0.25) is 4.79 Å². The summed E-state index contributed by atoms with van der Waals surface area (Å²) < 4.78 is 15.8. The number of nitrogens with one attached hydrogen (secondary N) is 1. The molecule has 5 nitrogen and oxygen atoms in total. The highest BCUT2D eigenvalue weighted by molar-refractivity contribution is 5.76. The van der Waals surface area contributed by atoms with E-state index >= 15 is 0 Å². The zero-order chi connectivity index (χ0) is 17.6. The van der Waals surface area contributed by atoms with E-state index in [1.807, 2.05) is 42.5 Å². The smallest absolute Gasteiger partial charge is 0.231 e. The lowest BCUT2D eigenvalue weighted by atomic mass is 10.0. The molecule has 0 spiro atoms. The van der Waals surface area contributed by atoms with E-state index in [-0.39, 0.29) is 18.7 Å². The second-order valence-corrected chi connectivity index (χ2v) is 5.99. The molecular formula is C20H23NO4. The van der Waals surface area contributed by atoms with Gasteiger partial charge in [0, 0.05) is 6.42 Å². The van der Waals surface area contributed by atoms with Crippen molar-refractivity contribution in [2.45, 2.75) is 32.2 Å². The highest BCUT2D eigenvalue weighted by atomic mass is 16.7. The fraction of sp³-hybridized carbons (Fsp3) is 0.350. The van der Waals surface area contributed by atoms with Gasteiger partial charge < -0.3 is 19.5 Å². The van der Waals surface area contributed by atoms with E-state index in [1.54, 1.807) is 7.11 Å². The number of ether oxygens (including phenoxy) is 3. The van der Waals surface area contributed by atoms with E-state index in [9.17, 15) is 4.79 Å². The largest absolute Gasteiger partial charge is 0.497 e. The van der Waals surface area contributed by atoms with Crippen LogP contribution in [0.4, 0.5) is 0 Å². The molecule has 0 saturated heterocycles. The maximum absolute atomic E-state index is 12.3. The molecule has 5 heteroatoms. The van der Waals surface area contributed by atoms with Gasteiger partial charge in [-0.1, -0.05) is 25.1 Å². The van der Waals surface area contributed by atoms with Crippen LogP contribution in [-0.4, -0.2) is 19.8 Å². The molecule has 1 N–H and O–H groups in total. The van der Waals surface area contributed by atoms with Gasteiger partial charge in [0.2, 0.25) is 12.7 Å². The summed E-state index contributed by atoms with van der Waals surface area (Å²) in [5, 5.41) is 3.11. The zero-order valence-corrected chi connectivity index (χ0v) is 14.6. The van der Waals surface area contributed by atoms with Crippen LogP contribution < -0.4 is 19.5 Å². The maximum atomic E-state index is 12.3. The van der Waals surface area contributed by atoms with Gasteiger partial charge >= 0.3 is 0 Å². The molecule has 1 aliphatic rings. The standard InChI is InChI=1S/C20H23NO4/c1-3-17(15-6-8-16(23-2)9-7-15)21-20(22)11-5-14-4-10-18-19(12-14)25-13-24-18/h4,6-10,12,17H,3,5,11,13H2,1-2H3,(H,21,22)/t17-/m0/s1. The number of hydrogen-bond acceptors (Lipinski definition) is 4. The molecule has 0 aliphatic carbocycles. The third-order valence-electron chi connectivity index (χ3n) is 4.34. The minimum Gasteiger partial charge on any atom is -0.497 e. The van der Waals surface area contributed by atoms with Crippen molar-refractivity contribution in [3.8, 4) is 17.2 Å². The van der Waals surface area contributed by atoms with Crippen LogP contribution >= 0.6 is 0 Å². The van der Waals surface area contributed by atoms with Gasteiger partial charge in [0.1, 0.15) is 5.75 Å². The molecule has 0 bridgehead atoms. The van der Waals surface area contributed by atoms with Crippen molar-refractivity contribution < 1.29 is 19.0 Å². The van der Waals surface area contributed by atoms with Crippen LogP contribution in [0.1, 0.15) is 36.9 Å². The summed E-state index contributed by atoms with van der Waals surface area (Å²) in [6.07, 6.45) is 1.94. The summed E-state index contributed by atoms with van der Waals surface area (Å²) in [4.78, 5) is 12.3. The topological polar surface area (TPSA) is 56.8 Å². The van der Waals surface area contributed by atoms with Gasteiger partial charge in [0.25, 0.3) is 0 Å². The van der Waals surface area contributed by atoms with Crippen LogP contribution in [0.5, 0.6) is 17.2 Å². The van der Waals surface area contributed by atoms with Crippen molar-refractivity contribution in [1.29, 1.82) is 0 Å². The van der Waals surface area contributed by atoms with Crippen LogP contribution in [0.2, 0.25) is 0 Å². The average molecular weight is 341 g/mol. The Morgan fingerprint density at radius 2 is 1.92 bits per heavy atom. The molecule has 25 heavy (non-hydrogen) atoms. The molecule has 1 amide bonds. The monoisotopic (exact) mass is 341 g/mol. The molecule has 0 fully saturated rings. The van der Waals surface area contributed by atoms with Crippen molar-refractivity contribution in [3.63, 3.8) is 0 Å². The van der Waals surface area contributed by atoms with Gasteiger partial charge in [0.15, 0.2) is 11.5 Å². The van der Waals surface area contributed by atoms with Gasteiger partial charge in [-0.2, -0.15) is 0 Å². The first-order chi connectivity index (χ1) is 12.2. The molecule has 1 aliphatic heterocycles. The molecule has 132 valence electrons. The van der Waals surface area contributed by atoms with Crippen LogP contribution in [0.15, 0.2) is 42.5 Å². The molecule has 1 heterocycles. The van der Waals surface area contributed by atoms with Crippen LogP contribution in [0.25, 0.3) is 0 Å². The Morgan fingerprint density at radius 1 is 1.16 bits per heavy atom. The number of rotatable bonds is 7. The van der Waals surface area contributed by atoms with E-state index < -0.39 is 0 Å². The van der Waals surface area contributed by atoms with Crippen molar-refractivity contribution in [1.82, 2.24) is 5.32 Å². The highest BCUT2D eigenvalue weighted by Gasteiger charge is 2.15. The number of fused-ring (bicyclic) bond motifs is 1. The van der Waals surface area contributed by atoms with Crippen LogP contribution in [0, 0.1) is 0 Å². The molecule has 1 atom stereocenters. The molecular weight excluding hydrogens is 318 g/mol.